The molecule has 1 heterocycles. The van der Waals surface area contributed by atoms with Gasteiger partial charge in [-0.05, 0) is 18.9 Å². The predicted octanol–water partition coefficient (Wildman–Crippen LogP) is 9.38. The lowest BCUT2D eigenvalue weighted by atomic mass is 10.0. The Morgan fingerprint density at radius 3 is 2.07 bits per heavy atom. The fraction of sp³-hybridized carbons (Fsp3) is 0.735. The Hall–Kier alpha value is -1.35. The number of hydrogen-bond donors (Lipinski definition) is 1. The number of rotatable bonds is 27. The van der Waals surface area contributed by atoms with Crippen molar-refractivity contribution in [3.8, 4) is 0 Å². The van der Waals surface area contributed by atoms with Gasteiger partial charge in [-0.1, -0.05) is 121 Å². The van der Waals surface area contributed by atoms with E-state index in [1.807, 2.05) is 18.2 Å². The minimum atomic E-state index is -4.30. The molecule has 1 aromatic rings. The van der Waals surface area contributed by atoms with E-state index in [4.69, 9.17) is 18.5 Å². The van der Waals surface area contributed by atoms with Gasteiger partial charge in [-0.25, -0.2) is 4.57 Å². The van der Waals surface area contributed by atoms with Gasteiger partial charge < -0.3 is 19.3 Å². The van der Waals surface area contributed by atoms with Gasteiger partial charge in [0, 0.05) is 37.1 Å². The number of nitrogens with zero attached hydrogens (tertiary/aromatic N) is 1. The highest BCUT2D eigenvalue weighted by Gasteiger charge is 2.26. The minimum absolute atomic E-state index is 0.0560. The summed E-state index contributed by atoms with van der Waals surface area (Å²) in [6, 6.07) is 10.3. The Morgan fingerprint density at radius 1 is 0.886 bits per heavy atom. The molecule has 1 aliphatic heterocycles. The van der Waals surface area contributed by atoms with Gasteiger partial charge in [0.05, 0.1) is 25.7 Å². The van der Waals surface area contributed by atoms with Crippen molar-refractivity contribution in [1.82, 2.24) is 4.90 Å². The van der Waals surface area contributed by atoms with Crippen molar-refractivity contribution < 1.29 is 32.8 Å². The third-order valence-electron chi connectivity index (χ3n) is 7.77. The summed E-state index contributed by atoms with van der Waals surface area (Å²) in [6.07, 6.45) is 17.9. The molecule has 1 aromatic carbocycles. The zero-order valence-electron chi connectivity index (χ0n) is 27.5. The van der Waals surface area contributed by atoms with Crippen molar-refractivity contribution in [2.75, 3.05) is 32.3 Å². The standard InChI is InChI=1S/C34H58NO7PS/c1-4-5-6-7-8-9-10-11-12-13-14-15-16-20-24-39-27-33(42-31(3)36)28-41-43(37,38)40-25-23-34-30(2)35(29-44-34)26-32-21-18-17-19-22-32/h17-19,21-22,33H,4-16,20,23-29H2,1-3H3,(H,37,38). The third kappa shape index (κ3) is 18.6. The van der Waals surface area contributed by atoms with Crippen LogP contribution >= 0.6 is 19.6 Å². The average molecular weight is 656 g/mol. The zero-order valence-corrected chi connectivity index (χ0v) is 29.2. The second-order valence-electron chi connectivity index (χ2n) is 11.7. The molecule has 2 unspecified atom stereocenters. The molecule has 2 atom stereocenters. The van der Waals surface area contributed by atoms with Crippen LogP contribution in [0.1, 0.15) is 123 Å². The van der Waals surface area contributed by atoms with Crippen LogP contribution in [0, 0.1) is 0 Å². The Bertz CT molecular complexity index is 978. The molecule has 44 heavy (non-hydrogen) atoms. The van der Waals surface area contributed by atoms with E-state index < -0.39 is 19.9 Å². The average Bonchev–Trinajstić information content (AvgIpc) is 3.34. The molecule has 0 spiro atoms. The van der Waals surface area contributed by atoms with Crippen LogP contribution in [0.2, 0.25) is 0 Å². The minimum Gasteiger partial charge on any atom is -0.458 e. The predicted molar refractivity (Wildman–Crippen MR) is 180 cm³/mol. The van der Waals surface area contributed by atoms with Crippen molar-refractivity contribution in [3.63, 3.8) is 0 Å². The van der Waals surface area contributed by atoms with Crippen LogP contribution in [0.15, 0.2) is 40.9 Å². The van der Waals surface area contributed by atoms with E-state index >= 15 is 0 Å². The molecule has 0 saturated carbocycles. The van der Waals surface area contributed by atoms with E-state index in [2.05, 4.69) is 30.9 Å². The highest BCUT2D eigenvalue weighted by atomic mass is 32.2. The van der Waals surface area contributed by atoms with E-state index in [1.54, 1.807) is 11.8 Å². The molecule has 0 aliphatic carbocycles. The molecule has 252 valence electrons. The Balaban J connectivity index is 1.53. The fourth-order valence-corrected chi connectivity index (χ4v) is 7.10. The summed E-state index contributed by atoms with van der Waals surface area (Å²) in [4.78, 5) is 25.1. The molecule has 0 aromatic heterocycles. The Kier molecular flexibility index (Phi) is 21.1. The lowest BCUT2D eigenvalue weighted by Crippen LogP contribution is -2.27. The number of esters is 1. The molecule has 0 amide bonds. The van der Waals surface area contributed by atoms with Crippen molar-refractivity contribution in [2.45, 2.75) is 130 Å². The first-order valence-corrected chi connectivity index (χ1v) is 19.3. The second kappa shape index (κ2) is 23.9. The lowest BCUT2D eigenvalue weighted by Gasteiger charge is -2.20. The van der Waals surface area contributed by atoms with Gasteiger partial charge >= 0.3 is 13.8 Å². The summed E-state index contributed by atoms with van der Waals surface area (Å²) in [5, 5.41) is 0. The molecule has 0 bridgehead atoms. The van der Waals surface area contributed by atoms with Crippen LogP contribution < -0.4 is 0 Å². The van der Waals surface area contributed by atoms with Gasteiger partial charge in [-0.15, -0.1) is 11.8 Å². The number of phosphoric ester groups is 1. The fourth-order valence-electron chi connectivity index (χ4n) is 5.19. The van der Waals surface area contributed by atoms with E-state index in [9.17, 15) is 14.3 Å². The summed E-state index contributed by atoms with van der Waals surface area (Å²) in [7, 11) is -4.30. The third-order valence-corrected chi connectivity index (χ3v) is 10.0. The monoisotopic (exact) mass is 655 g/mol. The first-order valence-electron chi connectivity index (χ1n) is 16.8. The molecule has 2 rings (SSSR count). The number of carbonyl (C=O) groups excluding carboxylic acids is 1. The molecule has 0 fully saturated rings. The maximum absolute atomic E-state index is 12.5. The van der Waals surface area contributed by atoms with Crippen molar-refractivity contribution in [1.29, 1.82) is 0 Å². The molecule has 8 nitrogen and oxygen atoms in total. The Morgan fingerprint density at radius 2 is 1.48 bits per heavy atom. The molecule has 1 aliphatic rings. The van der Waals surface area contributed by atoms with Gasteiger partial charge in [0.25, 0.3) is 0 Å². The number of carbonyl (C=O) groups is 1. The smallest absolute Gasteiger partial charge is 0.458 e. The normalized spacial score (nSPS) is 15.5. The number of allylic oxidation sites excluding steroid dienone is 1. The van der Waals surface area contributed by atoms with Gasteiger partial charge in [0.2, 0.25) is 0 Å². The van der Waals surface area contributed by atoms with Crippen LogP contribution in [0.3, 0.4) is 0 Å². The molecular formula is C34H58NO7PS. The van der Waals surface area contributed by atoms with E-state index in [0.717, 1.165) is 35.9 Å². The first-order chi connectivity index (χ1) is 21.3. The number of ether oxygens (including phenoxy) is 2. The van der Waals surface area contributed by atoms with Crippen molar-refractivity contribution >= 4 is 25.6 Å². The number of benzene rings is 1. The summed E-state index contributed by atoms with van der Waals surface area (Å²) >= 11 is 1.72. The molecule has 10 heteroatoms. The van der Waals surface area contributed by atoms with Gasteiger partial charge in [-0.3, -0.25) is 13.8 Å². The summed E-state index contributed by atoms with van der Waals surface area (Å²) in [5.41, 5.74) is 2.39. The summed E-state index contributed by atoms with van der Waals surface area (Å²) in [5.74, 6) is 0.348. The van der Waals surface area contributed by atoms with Gasteiger partial charge in [0.1, 0.15) is 6.10 Å². The van der Waals surface area contributed by atoms with E-state index in [0.29, 0.717) is 13.0 Å². The maximum Gasteiger partial charge on any atom is 0.472 e. The SMILES string of the molecule is CCCCCCCCCCCCCCCCOCC(COP(=O)(O)OCCC1=C(C)N(Cc2ccccc2)CS1)OC(C)=O. The molecule has 1 N–H and O–H groups in total. The number of phosphoric acid groups is 1. The first kappa shape index (κ1) is 38.8. The molecule has 0 saturated heterocycles. The quantitative estimate of drug-likeness (QED) is 0.0565. The number of thioether (sulfide) groups is 1. The topological polar surface area (TPSA) is 94.5 Å². The molecule has 0 radical (unpaired) electrons. The van der Waals surface area contributed by atoms with Crippen molar-refractivity contribution in [3.05, 3.63) is 46.5 Å². The number of unbranched alkanes of at least 4 members (excludes halogenated alkanes) is 13. The van der Waals surface area contributed by atoms with Crippen LogP contribution in [0.4, 0.5) is 0 Å². The zero-order chi connectivity index (χ0) is 31.9. The highest BCUT2D eigenvalue weighted by Crippen LogP contribution is 2.44. The summed E-state index contributed by atoms with van der Waals surface area (Å²) < 4.78 is 33.8. The van der Waals surface area contributed by atoms with E-state index in [1.165, 1.54) is 89.5 Å². The van der Waals surface area contributed by atoms with Crippen LogP contribution in [-0.2, 0) is 34.4 Å². The Labute approximate surface area is 271 Å². The van der Waals surface area contributed by atoms with Gasteiger partial charge in [0.15, 0.2) is 0 Å². The second-order valence-corrected chi connectivity index (χ2v) is 14.2. The largest absolute Gasteiger partial charge is 0.472 e. The summed E-state index contributed by atoms with van der Waals surface area (Å²) in [6.45, 7) is 6.90. The van der Waals surface area contributed by atoms with Crippen LogP contribution in [0.25, 0.3) is 0 Å². The maximum atomic E-state index is 12.5. The van der Waals surface area contributed by atoms with Gasteiger partial charge in [-0.2, -0.15) is 0 Å². The van der Waals surface area contributed by atoms with Crippen molar-refractivity contribution in [2.24, 2.45) is 0 Å². The van der Waals surface area contributed by atoms with E-state index in [-0.39, 0.29) is 19.8 Å². The van der Waals surface area contributed by atoms with Crippen LogP contribution in [0.5, 0.6) is 0 Å². The highest BCUT2D eigenvalue weighted by molar-refractivity contribution is 8.03. The molecular weight excluding hydrogens is 597 g/mol. The lowest BCUT2D eigenvalue weighted by molar-refractivity contribution is -0.151. The van der Waals surface area contributed by atoms with Crippen LogP contribution in [-0.4, -0.2) is 54.2 Å². The number of hydrogen-bond acceptors (Lipinski definition) is 8.